The van der Waals surface area contributed by atoms with E-state index in [2.05, 4.69) is 10.3 Å². The molecule has 0 bridgehead atoms. The van der Waals surface area contributed by atoms with Crippen molar-refractivity contribution in [3.63, 3.8) is 0 Å². The quantitative estimate of drug-likeness (QED) is 0.386. The maximum atomic E-state index is 13.9. The van der Waals surface area contributed by atoms with Crippen LogP contribution >= 0.6 is 0 Å². The Morgan fingerprint density at radius 3 is 2.53 bits per heavy atom. The summed E-state index contributed by atoms with van der Waals surface area (Å²) >= 11 is 0. The van der Waals surface area contributed by atoms with E-state index < -0.39 is 28.9 Å². The number of hydrogen-bond donors (Lipinski definition) is 4. The van der Waals surface area contributed by atoms with Gasteiger partial charge in [-0.1, -0.05) is 48.5 Å². The first kappa shape index (κ1) is 25.4. The van der Waals surface area contributed by atoms with Crippen molar-refractivity contribution in [2.24, 2.45) is 11.1 Å². The second-order valence-corrected chi connectivity index (χ2v) is 10.4. The average molecular weight is 491 g/mol. The van der Waals surface area contributed by atoms with E-state index in [9.17, 15) is 19.5 Å². The molecule has 2 heterocycles. The van der Waals surface area contributed by atoms with E-state index in [-0.39, 0.29) is 18.9 Å². The number of hydrogen-bond acceptors (Lipinski definition) is 4. The zero-order valence-corrected chi connectivity index (χ0v) is 20.8. The summed E-state index contributed by atoms with van der Waals surface area (Å²) in [5, 5.41) is 14.1. The van der Waals surface area contributed by atoms with E-state index in [0.717, 1.165) is 22.0 Å². The molecule has 0 spiro atoms. The van der Waals surface area contributed by atoms with Crippen LogP contribution in [0.25, 0.3) is 10.9 Å². The normalized spacial score (nSPS) is 19.1. The van der Waals surface area contributed by atoms with Crippen LogP contribution < -0.4 is 11.1 Å². The molecule has 0 saturated carbocycles. The third-order valence-electron chi connectivity index (χ3n) is 7.02. The number of benzene rings is 2. The van der Waals surface area contributed by atoms with Gasteiger partial charge in [-0.2, -0.15) is 0 Å². The standard InChI is InChI=1S/C28H34N4O4/c1-27(2,29)25(34)31-23(15-20-17-30-22-12-7-6-11-21(20)22)24(33)32-14-8-13-28(18-32,26(35)36)16-19-9-4-3-5-10-19/h3-7,9-12,17,23,30H,8,13-16,18,29H2,1-2H3,(H,31,34)(H,35,36)/t23?,28-/m1/s1. The lowest BCUT2D eigenvalue weighted by Gasteiger charge is -2.41. The summed E-state index contributed by atoms with van der Waals surface area (Å²) in [6.45, 7) is 3.70. The van der Waals surface area contributed by atoms with Crippen LogP contribution in [0, 0.1) is 5.41 Å². The molecule has 4 rings (SSSR count). The topological polar surface area (TPSA) is 129 Å². The largest absolute Gasteiger partial charge is 0.481 e. The third-order valence-corrected chi connectivity index (χ3v) is 7.02. The maximum absolute atomic E-state index is 13.9. The number of carbonyl (C=O) groups is 3. The van der Waals surface area contributed by atoms with Gasteiger partial charge in [-0.15, -0.1) is 0 Å². The molecule has 8 nitrogen and oxygen atoms in total. The molecule has 0 aliphatic carbocycles. The van der Waals surface area contributed by atoms with Gasteiger partial charge in [-0.3, -0.25) is 14.4 Å². The van der Waals surface area contributed by atoms with E-state index >= 15 is 0 Å². The van der Waals surface area contributed by atoms with Crippen molar-refractivity contribution >= 4 is 28.7 Å². The molecular formula is C28H34N4O4. The molecule has 1 aliphatic rings. The molecule has 1 fully saturated rings. The highest BCUT2D eigenvalue weighted by atomic mass is 16.4. The Morgan fingerprint density at radius 2 is 1.83 bits per heavy atom. The second-order valence-electron chi connectivity index (χ2n) is 10.4. The number of aromatic amines is 1. The van der Waals surface area contributed by atoms with Crippen molar-refractivity contribution < 1.29 is 19.5 Å². The van der Waals surface area contributed by atoms with E-state index in [1.165, 1.54) is 0 Å². The molecule has 2 aromatic carbocycles. The number of likely N-dealkylation sites (tertiary alicyclic amines) is 1. The van der Waals surface area contributed by atoms with Crippen LogP contribution in [0.4, 0.5) is 0 Å². The highest BCUT2D eigenvalue weighted by Crippen LogP contribution is 2.35. The number of fused-ring (bicyclic) bond motifs is 1. The minimum absolute atomic E-state index is 0.0856. The molecule has 190 valence electrons. The summed E-state index contributed by atoms with van der Waals surface area (Å²) < 4.78 is 0. The summed E-state index contributed by atoms with van der Waals surface area (Å²) in [6.07, 6.45) is 3.50. The fraction of sp³-hybridized carbons (Fsp3) is 0.393. The Balaban J connectivity index is 1.61. The van der Waals surface area contributed by atoms with Crippen LogP contribution in [0.5, 0.6) is 0 Å². The number of nitrogens with two attached hydrogens (primary N) is 1. The first-order chi connectivity index (χ1) is 17.1. The number of carboxylic acids is 1. The number of aromatic nitrogens is 1. The van der Waals surface area contributed by atoms with Crippen molar-refractivity contribution in [2.45, 2.75) is 51.1 Å². The number of aliphatic carboxylic acids is 1. The van der Waals surface area contributed by atoms with Gasteiger partial charge in [0.15, 0.2) is 0 Å². The molecule has 1 unspecified atom stereocenters. The summed E-state index contributed by atoms with van der Waals surface area (Å²) in [6, 6.07) is 16.4. The van der Waals surface area contributed by atoms with Gasteiger partial charge in [0, 0.05) is 36.6 Å². The Bertz CT molecular complexity index is 1250. The van der Waals surface area contributed by atoms with E-state index in [4.69, 9.17) is 5.73 Å². The first-order valence-corrected chi connectivity index (χ1v) is 12.3. The van der Waals surface area contributed by atoms with E-state index in [1.54, 1.807) is 18.7 Å². The third kappa shape index (κ3) is 5.44. The minimum Gasteiger partial charge on any atom is -0.481 e. The lowest BCUT2D eigenvalue weighted by atomic mass is 9.75. The molecular weight excluding hydrogens is 456 g/mol. The number of H-pyrrole nitrogens is 1. The minimum atomic E-state index is -1.17. The summed E-state index contributed by atoms with van der Waals surface area (Å²) in [5.74, 6) is -1.65. The maximum Gasteiger partial charge on any atom is 0.311 e. The predicted octanol–water partition coefficient (Wildman–Crippen LogP) is 2.87. The van der Waals surface area contributed by atoms with Gasteiger partial charge < -0.3 is 26.0 Å². The highest BCUT2D eigenvalue weighted by molar-refractivity contribution is 5.93. The number of carboxylic acid groups (broad SMARTS) is 1. The van der Waals surface area contributed by atoms with Gasteiger partial charge in [0.05, 0.1) is 11.0 Å². The zero-order valence-electron chi connectivity index (χ0n) is 20.8. The van der Waals surface area contributed by atoms with Crippen molar-refractivity contribution in [3.05, 3.63) is 71.9 Å². The molecule has 2 amide bonds. The Labute approximate surface area is 210 Å². The van der Waals surface area contributed by atoms with Crippen molar-refractivity contribution in [3.8, 4) is 0 Å². The number of nitrogens with zero attached hydrogens (tertiary/aromatic N) is 1. The number of para-hydroxylation sites is 1. The second kappa shape index (κ2) is 10.1. The lowest BCUT2D eigenvalue weighted by molar-refractivity contribution is -0.155. The van der Waals surface area contributed by atoms with Crippen LogP contribution in [0.15, 0.2) is 60.8 Å². The van der Waals surface area contributed by atoms with E-state index in [0.29, 0.717) is 25.8 Å². The van der Waals surface area contributed by atoms with Crippen molar-refractivity contribution in [1.29, 1.82) is 0 Å². The predicted molar refractivity (Wildman–Crippen MR) is 138 cm³/mol. The Hall–Kier alpha value is -3.65. The van der Waals surface area contributed by atoms with Crippen LogP contribution in [0.2, 0.25) is 0 Å². The average Bonchev–Trinajstić information content (AvgIpc) is 3.26. The van der Waals surface area contributed by atoms with Gasteiger partial charge in [0.25, 0.3) is 0 Å². The van der Waals surface area contributed by atoms with Crippen LogP contribution in [-0.2, 0) is 27.2 Å². The Morgan fingerprint density at radius 1 is 1.14 bits per heavy atom. The van der Waals surface area contributed by atoms with E-state index in [1.807, 2.05) is 60.8 Å². The molecule has 1 aromatic heterocycles. The molecule has 0 radical (unpaired) electrons. The fourth-order valence-corrected chi connectivity index (χ4v) is 4.99. The number of amides is 2. The van der Waals surface area contributed by atoms with Gasteiger partial charge in [0.1, 0.15) is 6.04 Å². The number of nitrogens with one attached hydrogen (secondary N) is 2. The SMILES string of the molecule is CC(C)(N)C(=O)NC(Cc1c[nH]c2ccccc12)C(=O)N1CCC[C@](Cc2ccccc2)(C(=O)O)C1. The zero-order chi connectivity index (χ0) is 25.9. The number of carbonyl (C=O) groups excluding carboxylic acids is 2. The molecule has 1 saturated heterocycles. The van der Waals surface area contributed by atoms with Crippen molar-refractivity contribution in [1.82, 2.24) is 15.2 Å². The van der Waals surface area contributed by atoms with Crippen molar-refractivity contribution in [2.75, 3.05) is 13.1 Å². The molecule has 2 atom stereocenters. The van der Waals surface area contributed by atoms with Crippen LogP contribution in [0.3, 0.4) is 0 Å². The van der Waals surface area contributed by atoms with Crippen LogP contribution in [-0.4, -0.2) is 57.4 Å². The van der Waals surface area contributed by atoms with Gasteiger partial charge in [-0.25, -0.2) is 0 Å². The molecule has 36 heavy (non-hydrogen) atoms. The number of piperidine rings is 1. The number of rotatable bonds is 8. The summed E-state index contributed by atoms with van der Waals surface area (Å²) in [7, 11) is 0. The first-order valence-electron chi connectivity index (χ1n) is 12.3. The summed E-state index contributed by atoms with van der Waals surface area (Å²) in [5.41, 5.74) is 6.52. The molecule has 8 heteroatoms. The monoisotopic (exact) mass is 490 g/mol. The lowest BCUT2D eigenvalue weighted by Crippen LogP contribution is -2.59. The Kier molecular flexibility index (Phi) is 7.17. The summed E-state index contributed by atoms with van der Waals surface area (Å²) in [4.78, 5) is 44.0. The van der Waals surface area contributed by atoms with Gasteiger partial charge in [0.2, 0.25) is 11.8 Å². The molecule has 1 aliphatic heterocycles. The van der Waals surface area contributed by atoms with Gasteiger partial charge in [-0.05, 0) is 50.3 Å². The van der Waals surface area contributed by atoms with Gasteiger partial charge >= 0.3 is 5.97 Å². The smallest absolute Gasteiger partial charge is 0.311 e. The molecule has 5 N–H and O–H groups in total. The molecule has 3 aromatic rings. The fourth-order valence-electron chi connectivity index (χ4n) is 4.99. The highest BCUT2D eigenvalue weighted by Gasteiger charge is 2.45. The van der Waals surface area contributed by atoms with Crippen LogP contribution in [0.1, 0.15) is 37.8 Å².